The van der Waals surface area contributed by atoms with Gasteiger partial charge in [-0.3, -0.25) is 4.79 Å². The number of benzene rings is 3. The number of hydrogen-bond acceptors (Lipinski definition) is 4. The van der Waals surface area contributed by atoms with E-state index in [9.17, 15) is 4.79 Å². The lowest BCUT2D eigenvalue weighted by Crippen LogP contribution is -2.31. The highest BCUT2D eigenvalue weighted by atomic mass is 35.5. The number of nitrogens with one attached hydrogen (secondary N) is 1. The van der Waals surface area contributed by atoms with Crippen LogP contribution < -0.4 is 10.1 Å². The summed E-state index contributed by atoms with van der Waals surface area (Å²) in [7, 11) is 0. The fourth-order valence-corrected chi connectivity index (χ4v) is 3.43. The van der Waals surface area contributed by atoms with Crippen molar-refractivity contribution in [2.24, 2.45) is 0 Å². The zero-order chi connectivity index (χ0) is 21.6. The van der Waals surface area contributed by atoms with E-state index in [4.69, 9.17) is 16.3 Å². The second kappa shape index (κ2) is 9.45. The van der Waals surface area contributed by atoms with Crippen LogP contribution in [0, 0.1) is 0 Å². The molecule has 6 nitrogen and oxygen atoms in total. The molecule has 0 bridgehead atoms. The highest BCUT2D eigenvalue weighted by molar-refractivity contribution is 6.32. The fourth-order valence-electron chi connectivity index (χ4n) is 3.20. The van der Waals surface area contributed by atoms with E-state index in [1.165, 1.54) is 6.33 Å². The highest BCUT2D eigenvalue weighted by Crippen LogP contribution is 2.30. The fraction of sp³-hybridized carbons (Fsp3) is 0.125. The van der Waals surface area contributed by atoms with E-state index in [2.05, 4.69) is 15.4 Å². The van der Waals surface area contributed by atoms with Crippen molar-refractivity contribution >= 4 is 17.5 Å². The maximum Gasteiger partial charge on any atom is 0.258 e. The predicted octanol–water partition coefficient (Wildman–Crippen LogP) is 4.84. The van der Waals surface area contributed by atoms with Crippen molar-refractivity contribution in [3.63, 3.8) is 0 Å². The third kappa shape index (κ3) is 5.10. The van der Waals surface area contributed by atoms with Gasteiger partial charge in [0.15, 0.2) is 6.61 Å². The van der Waals surface area contributed by atoms with Crippen LogP contribution in [0.4, 0.5) is 0 Å². The summed E-state index contributed by atoms with van der Waals surface area (Å²) in [5, 5.41) is 7.50. The van der Waals surface area contributed by atoms with E-state index in [0.717, 1.165) is 22.4 Å². The second-order valence-electron chi connectivity index (χ2n) is 7.02. The Morgan fingerprint density at radius 2 is 1.84 bits per heavy atom. The van der Waals surface area contributed by atoms with Gasteiger partial charge in [-0.2, -0.15) is 5.10 Å². The molecular formula is C24H21ClN4O2. The van der Waals surface area contributed by atoms with E-state index in [1.54, 1.807) is 17.1 Å². The van der Waals surface area contributed by atoms with Gasteiger partial charge in [-0.05, 0) is 47.9 Å². The van der Waals surface area contributed by atoms with Crippen LogP contribution in [0.15, 0.2) is 85.5 Å². The molecule has 3 aromatic carbocycles. The van der Waals surface area contributed by atoms with Gasteiger partial charge in [0.05, 0.1) is 16.8 Å². The average molecular weight is 433 g/mol. The third-order valence-electron chi connectivity index (χ3n) is 4.85. The second-order valence-corrected chi connectivity index (χ2v) is 7.43. The van der Waals surface area contributed by atoms with Crippen LogP contribution in [0.2, 0.25) is 5.02 Å². The van der Waals surface area contributed by atoms with Crippen LogP contribution in [0.3, 0.4) is 0 Å². The monoisotopic (exact) mass is 432 g/mol. The summed E-state index contributed by atoms with van der Waals surface area (Å²) in [5.41, 5.74) is 3.93. The molecule has 1 N–H and O–H groups in total. The van der Waals surface area contributed by atoms with Gasteiger partial charge in [-0.15, -0.1) is 0 Å². The Morgan fingerprint density at radius 1 is 1.06 bits per heavy atom. The van der Waals surface area contributed by atoms with Crippen molar-refractivity contribution in [3.05, 3.63) is 96.0 Å². The molecule has 0 aliphatic heterocycles. The molecule has 0 fully saturated rings. The summed E-state index contributed by atoms with van der Waals surface area (Å²) < 4.78 is 7.31. The maximum absolute atomic E-state index is 12.4. The van der Waals surface area contributed by atoms with E-state index in [-0.39, 0.29) is 18.6 Å². The van der Waals surface area contributed by atoms with E-state index in [1.807, 2.05) is 73.7 Å². The average Bonchev–Trinajstić information content (AvgIpc) is 3.34. The smallest absolute Gasteiger partial charge is 0.258 e. The van der Waals surface area contributed by atoms with Gasteiger partial charge in [0.2, 0.25) is 0 Å². The topological polar surface area (TPSA) is 69.0 Å². The number of carbonyl (C=O) groups excluding carboxylic acids is 1. The zero-order valence-corrected chi connectivity index (χ0v) is 17.7. The number of amides is 1. The molecule has 4 rings (SSSR count). The van der Waals surface area contributed by atoms with Crippen molar-refractivity contribution < 1.29 is 9.53 Å². The number of hydrogen-bond donors (Lipinski definition) is 1. The summed E-state index contributed by atoms with van der Waals surface area (Å²) >= 11 is 6.35. The molecule has 1 amide bonds. The molecule has 7 heteroatoms. The summed E-state index contributed by atoms with van der Waals surface area (Å²) in [6.07, 6.45) is 3.12. The largest absolute Gasteiger partial charge is 0.482 e. The van der Waals surface area contributed by atoms with Crippen LogP contribution in [0.5, 0.6) is 5.75 Å². The van der Waals surface area contributed by atoms with Gasteiger partial charge in [-0.1, -0.05) is 60.1 Å². The van der Waals surface area contributed by atoms with Gasteiger partial charge < -0.3 is 10.1 Å². The minimum Gasteiger partial charge on any atom is -0.482 e. The predicted molar refractivity (Wildman–Crippen MR) is 120 cm³/mol. The van der Waals surface area contributed by atoms with Gasteiger partial charge in [0.25, 0.3) is 5.91 Å². The molecule has 0 unspecified atom stereocenters. The molecule has 0 spiro atoms. The molecule has 1 heterocycles. The van der Waals surface area contributed by atoms with E-state index >= 15 is 0 Å². The van der Waals surface area contributed by atoms with Crippen LogP contribution in [-0.2, 0) is 4.79 Å². The molecule has 0 aliphatic rings. The first-order chi connectivity index (χ1) is 15.1. The molecule has 1 aromatic heterocycles. The number of rotatable bonds is 7. The zero-order valence-electron chi connectivity index (χ0n) is 16.9. The Bertz CT molecular complexity index is 1150. The lowest BCUT2D eigenvalue weighted by Gasteiger charge is -2.16. The Labute approximate surface area is 185 Å². The Balaban J connectivity index is 1.32. The van der Waals surface area contributed by atoms with Crippen molar-refractivity contribution in [3.8, 4) is 22.6 Å². The number of halogens is 1. The van der Waals surface area contributed by atoms with Crippen molar-refractivity contribution in [2.75, 3.05) is 6.61 Å². The molecule has 0 saturated carbocycles. The van der Waals surface area contributed by atoms with Crippen LogP contribution in [0.25, 0.3) is 16.8 Å². The highest BCUT2D eigenvalue weighted by Gasteiger charge is 2.12. The first kappa shape index (κ1) is 20.6. The number of ether oxygens (including phenoxy) is 1. The van der Waals surface area contributed by atoms with Crippen molar-refractivity contribution in [1.82, 2.24) is 20.1 Å². The summed E-state index contributed by atoms with van der Waals surface area (Å²) in [6, 6.07) is 23.1. The minimum absolute atomic E-state index is 0.119. The number of aromatic nitrogens is 3. The number of nitrogens with zero attached hydrogens (tertiary/aromatic N) is 3. The van der Waals surface area contributed by atoms with Gasteiger partial charge in [-0.25, -0.2) is 9.67 Å². The lowest BCUT2D eigenvalue weighted by molar-refractivity contribution is -0.123. The first-order valence-corrected chi connectivity index (χ1v) is 10.2. The molecule has 156 valence electrons. The standard InChI is InChI=1S/C24H21ClN4O2/c1-17(18-7-10-21(11-8-18)29-16-26-15-27-29)28-24(30)14-31-23-12-9-20(13-22(23)25)19-5-3-2-4-6-19/h2-13,15-17H,14H2,1H3,(H,28,30)/t17-/m0/s1. The van der Waals surface area contributed by atoms with Crippen LogP contribution in [-0.4, -0.2) is 27.3 Å². The maximum atomic E-state index is 12.4. The lowest BCUT2D eigenvalue weighted by atomic mass is 10.1. The summed E-state index contributed by atoms with van der Waals surface area (Å²) in [6.45, 7) is 1.80. The molecule has 4 aromatic rings. The molecule has 31 heavy (non-hydrogen) atoms. The first-order valence-electron chi connectivity index (χ1n) is 9.82. The summed E-state index contributed by atoms with van der Waals surface area (Å²) in [4.78, 5) is 16.3. The van der Waals surface area contributed by atoms with Gasteiger partial charge >= 0.3 is 0 Å². The molecule has 0 aliphatic carbocycles. The minimum atomic E-state index is -0.226. The van der Waals surface area contributed by atoms with Crippen molar-refractivity contribution in [1.29, 1.82) is 0 Å². The summed E-state index contributed by atoms with van der Waals surface area (Å²) in [5.74, 6) is 0.248. The molecule has 0 radical (unpaired) electrons. The van der Waals surface area contributed by atoms with Crippen LogP contribution >= 0.6 is 11.6 Å². The molecule has 1 atom stereocenters. The Hall–Kier alpha value is -3.64. The Kier molecular flexibility index (Phi) is 6.29. The van der Waals surface area contributed by atoms with E-state index in [0.29, 0.717) is 10.8 Å². The van der Waals surface area contributed by atoms with Gasteiger partial charge in [0, 0.05) is 0 Å². The van der Waals surface area contributed by atoms with Crippen molar-refractivity contribution in [2.45, 2.75) is 13.0 Å². The molecular weight excluding hydrogens is 412 g/mol. The number of carbonyl (C=O) groups is 1. The van der Waals surface area contributed by atoms with E-state index < -0.39 is 0 Å². The third-order valence-corrected chi connectivity index (χ3v) is 5.15. The van der Waals surface area contributed by atoms with Crippen LogP contribution in [0.1, 0.15) is 18.5 Å². The molecule has 0 saturated heterocycles. The quantitative estimate of drug-likeness (QED) is 0.453. The normalized spacial score (nSPS) is 11.7. The van der Waals surface area contributed by atoms with Gasteiger partial charge in [0.1, 0.15) is 18.4 Å². The Morgan fingerprint density at radius 3 is 2.52 bits per heavy atom. The SMILES string of the molecule is C[C@H](NC(=O)COc1ccc(-c2ccccc2)cc1Cl)c1ccc(-n2cncn2)cc1.